The second-order valence-electron chi connectivity index (χ2n) is 4.29. The van der Waals surface area contributed by atoms with Crippen molar-refractivity contribution in [2.45, 2.75) is 50.7 Å². The molecule has 0 aromatic rings. The highest BCUT2D eigenvalue weighted by Gasteiger charge is 2.29. The maximum Gasteiger partial charge on any atom is 0.236 e. The minimum Gasteiger partial charge on any atom is -0.388 e. The van der Waals surface area contributed by atoms with Gasteiger partial charge >= 0.3 is 0 Å². The van der Waals surface area contributed by atoms with E-state index in [4.69, 9.17) is 5.73 Å². The molecule has 1 amide bonds. The topological polar surface area (TPSA) is 75.4 Å². The summed E-state index contributed by atoms with van der Waals surface area (Å²) < 4.78 is 0. The van der Waals surface area contributed by atoms with E-state index in [-0.39, 0.29) is 5.91 Å². The van der Waals surface area contributed by atoms with Crippen LogP contribution in [0.4, 0.5) is 0 Å². The minimum absolute atomic E-state index is 0.191. The molecule has 4 heteroatoms. The van der Waals surface area contributed by atoms with Crippen molar-refractivity contribution >= 4 is 5.91 Å². The standard InChI is InChI=1S/C10H20N2O2/c1-8(11)9(13)12-7-10(14)5-3-2-4-6-10/h8,14H,2-7,11H2,1H3,(H,12,13). The minimum atomic E-state index is -0.692. The summed E-state index contributed by atoms with van der Waals surface area (Å²) in [6.07, 6.45) is 4.84. The quantitative estimate of drug-likeness (QED) is 0.607. The molecule has 1 atom stereocenters. The maximum absolute atomic E-state index is 11.2. The van der Waals surface area contributed by atoms with Gasteiger partial charge in [0.05, 0.1) is 11.6 Å². The lowest BCUT2D eigenvalue weighted by Crippen LogP contribution is -2.48. The predicted octanol–water partition coefficient (Wildman–Crippen LogP) is 0.145. The molecule has 1 aliphatic carbocycles. The van der Waals surface area contributed by atoms with E-state index < -0.39 is 11.6 Å². The van der Waals surface area contributed by atoms with Gasteiger partial charge in [0.15, 0.2) is 0 Å². The first kappa shape index (κ1) is 11.5. The zero-order valence-electron chi connectivity index (χ0n) is 8.75. The van der Waals surface area contributed by atoms with Crippen LogP contribution in [0.3, 0.4) is 0 Å². The Balaban J connectivity index is 2.32. The fourth-order valence-electron chi connectivity index (χ4n) is 1.80. The number of hydrogen-bond donors (Lipinski definition) is 3. The molecule has 0 heterocycles. The number of carbonyl (C=O) groups excluding carboxylic acids is 1. The molecule has 82 valence electrons. The molecule has 0 aliphatic heterocycles. The molecule has 0 aromatic carbocycles. The van der Waals surface area contributed by atoms with Gasteiger partial charge in [-0.05, 0) is 19.8 Å². The molecule has 1 fully saturated rings. The molecule has 0 aromatic heterocycles. The van der Waals surface area contributed by atoms with Gasteiger partial charge in [-0.1, -0.05) is 19.3 Å². The van der Waals surface area contributed by atoms with Crippen molar-refractivity contribution in [3.8, 4) is 0 Å². The van der Waals surface area contributed by atoms with Crippen LogP contribution >= 0.6 is 0 Å². The summed E-state index contributed by atoms with van der Waals surface area (Å²) in [5.41, 5.74) is 4.71. The molecule has 14 heavy (non-hydrogen) atoms. The van der Waals surface area contributed by atoms with E-state index in [2.05, 4.69) is 5.32 Å². The average molecular weight is 200 g/mol. The third-order valence-corrected chi connectivity index (χ3v) is 2.79. The van der Waals surface area contributed by atoms with Crippen molar-refractivity contribution in [3.05, 3.63) is 0 Å². The zero-order chi connectivity index (χ0) is 10.6. The fraction of sp³-hybridized carbons (Fsp3) is 0.900. The highest BCUT2D eigenvalue weighted by atomic mass is 16.3. The first-order valence-corrected chi connectivity index (χ1v) is 5.29. The number of amides is 1. The van der Waals surface area contributed by atoms with Crippen molar-refractivity contribution in [2.75, 3.05) is 6.54 Å². The van der Waals surface area contributed by atoms with E-state index in [9.17, 15) is 9.90 Å². The van der Waals surface area contributed by atoms with Gasteiger partial charge in [-0.3, -0.25) is 4.79 Å². The highest BCUT2D eigenvalue weighted by molar-refractivity contribution is 5.81. The van der Waals surface area contributed by atoms with E-state index in [1.54, 1.807) is 6.92 Å². The number of aliphatic hydroxyl groups is 1. The Morgan fingerprint density at radius 3 is 2.57 bits per heavy atom. The van der Waals surface area contributed by atoms with E-state index in [1.807, 2.05) is 0 Å². The van der Waals surface area contributed by atoms with Gasteiger partial charge in [0, 0.05) is 6.54 Å². The van der Waals surface area contributed by atoms with Crippen LogP contribution in [0.15, 0.2) is 0 Å². The predicted molar refractivity (Wildman–Crippen MR) is 54.7 cm³/mol. The Kier molecular flexibility index (Phi) is 3.89. The van der Waals surface area contributed by atoms with Gasteiger partial charge in [0.2, 0.25) is 5.91 Å². The summed E-state index contributed by atoms with van der Waals surface area (Å²) >= 11 is 0. The Morgan fingerprint density at radius 1 is 1.50 bits per heavy atom. The van der Waals surface area contributed by atoms with Crippen LogP contribution in [-0.2, 0) is 4.79 Å². The Hall–Kier alpha value is -0.610. The first-order chi connectivity index (χ1) is 6.53. The van der Waals surface area contributed by atoms with Crippen LogP contribution < -0.4 is 11.1 Å². The fourth-order valence-corrected chi connectivity index (χ4v) is 1.80. The van der Waals surface area contributed by atoms with Gasteiger partial charge in [0.1, 0.15) is 0 Å². The lowest BCUT2D eigenvalue weighted by atomic mass is 9.85. The van der Waals surface area contributed by atoms with E-state index in [1.165, 1.54) is 6.42 Å². The number of nitrogens with one attached hydrogen (secondary N) is 1. The second kappa shape index (κ2) is 4.75. The molecular weight excluding hydrogens is 180 g/mol. The Morgan fingerprint density at radius 2 is 2.07 bits per heavy atom. The van der Waals surface area contributed by atoms with Crippen molar-refractivity contribution in [2.24, 2.45) is 5.73 Å². The van der Waals surface area contributed by atoms with Gasteiger partial charge < -0.3 is 16.2 Å². The number of rotatable bonds is 3. The monoisotopic (exact) mass is 200 g/mol. The van der Waals surface area contributed by atoms with E-state index in [0.717, 1.165) is 25.7 Å². The smallest absolute Gasteiger partial charge is 0.236 e. The normalized spacial score (nSPS) is 22.8. The van der Waals surface area contributed by atoms with Crippen molar-refractivity contribution in [1.29, 1.82) is 0 Å². The summed E-state index contributed by atoms with van der Waals surface area (Å²) in [7, 11) is 0. The number of hydrogen-bond acceptors (Lipinski definition) is 3. The van der Waals surface area contributed by atoms with Crippen molar-refractivity contribution in [3.63, 3.8) is 0 Å². The van der Waals surface area contributed by atoms with E-state index in [0.29, 0.717) is 6.54 Å². The SMILES string of the molecule is CC(N)C(=O)NCC1(O)CCCCC1. The van der Waals surface area contributed by atoms with Crippen LogP contribution in [-0.4, -0.2) is 29.2 Å². The third-order valence-electron chi connectivity index (χ3n) is 2.79. The molecule has 1 unspecified atom stereocenters. The summed E-state index contributed by atoms with van der Waals surface area (Å²) in [5.74, 6) is -0.191. The molecule has 1 saturated carbocycles. The number of carbonyl (C=O) groups is 1. The summed E-state index contributed by atoms with van der Waals surface area (Å²) in [5, 5.41) is 12.7. The van der Waals surface area contributed by atoms with Crippen LogP contribution in [0.25, 0.3) is 0 Å². The van der Waals surface area contributed by atoms with Gasteiger partial charge in [-0.2, -0.15) is 0 Å². The Bertz CT molecular complexity index is 198. The largest absolute Gasteiger partial charge is 0.388 e. The molecule has 1 aliphatic rings. The lowest BCUT2D eigenvalue weighted by Gasteiger charge is -2.32. The van der Waals surface area contributed by atoms with Crippen LogP contribution in [0.1, 0.15) is 39.0 Å². The lowest BCUT2D eigenvalue weighted by molar-refractivity contribution is -0.123. The van der Waals surface area contributed by atoms with Gasteiger partial charge in [-0.15, -0.1) is 0 Å². The maximum atomic E-state index is 11.2. The second-order valence-corrected chi connectivity index (χ2v) is 4.29. The summed E-state index contributed by atoms with van der Waals surface area (Å²) in [4.78, 5) is 11.2. The van der Waals surface area contributed by atoms with E-state index >= 15 is 0 Å². The highest BCUT2D eigenvalue weighted by Crippen LogP contribution is 2.27. The van der Waals surface area contributed by atoms with Crippen LogP contribution in [0, 0.1) is 0 Å². The molecule has 0 radical (unpaired) electrons. The molecule has 0 spiro atoms. The molecule has 4 nitrogen and oxygen atoms in total. The van der Waals surface area contributed by atoms with Crippen LogP contribution in [0.2, 0.25) is 0 Å². The zero-order valence-corrected chi connectivity index (χ0v) is 8.75. The van der Waals surface area contributed by atoms with Crippen molar-refractivity contribution in [1.82, 2.24) is 5.32 Å². The summed E-state index contributed by atoms with van der Waals surface area (Å²) in [6.45, 7) is 1.98. The van der Waals surface area contributed by atoms with Gasteiger partial charge in [0.25, 0.3) is 0 Å². The average Bonchev–Trinajstić information content (AvgIpc) is 2.15. The molecule has 1 rings (SSSR count). The third kappa shape index (κ3) is 3.27. The Labute approximate surface area is 84.9 Å². The van der Waals surface area contributed by atoms with Crippen molar-refractivity contribution < 1.29 is 9.90 Å². The van der Waals surface area contributed by atoms with Gasteiger partial charge in [-0.25, -0.2) is 0 Å². The molecular formula is C10H20N2O2. The number of nitrogens with two attached hydrogens (primary N) is 1. The molecule has 0 bridgehead atoms. The molecule has 4 N–H and O–H groups in total. The molecule has 0 saturated heterocycles. The summed E-state index contributed by atoms with van der Waals surface area (Å²) in [6, 6.07) is -0.498. The van der Waals surface area contributed by atoms with Crippen LogP contribution in [0.5, 0.6) is 0 Å². The first-order valence-electron chi connectivity index (χ1n) is 5.29.